The van der Waals surface area contributed by atoms with Crippen molar-refractivity contribution in [3.8, 4) is 67.5 Å². The minimum atomic E-state index is -1.42. The van der Waals surface area contributed by atoms with Crippen LogP contribution in [0.2, 0.25) is 0 Å². The van der Waals surface area contributed by atoms with Crippen LogP contribution >= 0.6 is 0 Å². The molecule has 0 saturated heterocycles. The molecule has 230 valence electrons. The number of aromatic nitrogens is 3. The van der Waals surface area contributed by atoms with Gasteiger partial charge in [0.2, 0.25) is 0 Å². The molecule has 0 saturated carbocycles. The van der Waals surface area contributed by atoms with Crippen LogP contribution in [0.3, 0.4) is 0 Å². The molecule has 2 heterocycles. The van der Waals surface area contributed by atoms with Crippen molar-refractivity contribution in [2.75, 3.05) is 0 Å². The summed E-state index contributed by atoms with van der Waals surface area (Å²) in [6, 6.07) is -19.2. The van der Waals surface area contributed by atoms with E-state index in [1.165, 1.54) is 0 Å². The third kappa shape index (κ3) is 5.58. The maximum atomic E-state index is 9.41. The maximum absolute atomic E-state index is 9.41. The molecule has 0 aliphatic carbocycles. The molecule has 4 heteroatoms. The molecule has 7 aromatic carbocycles. The Balaban J connectivity index is 1.40. The summed E-state index contributed by atoms with van der Waals surface area (Å²) >= 11 is -1.42. The van der Waals surface area contributed by atoms with Gasteiger partial charge in [-0.15, -0.1) is 0 Å². The molecule has 0 N–H and O–H groups in total. The molecular formula is C45H29N3Se. The van der Waals surface area contributed by atoms with Crippen molar-refractivity contribution in [2.45, 2.75) is 0 Å². The van der Waals surface area contributed by atoms with Gasteiger partial charge in [0.05, 0.1) is 2.74 Å². The monoisotopic (exact) mass is 718 g/mol. The zero-order valence-corrected chi connectivity index (χ0v) is 26.1. The van der Waals surface area contributed by atoms with Crippen molar-refractivity contribution in [3.05, 3.63) is 175 Å². The second-order valence-electron chi connectivity index (χ2n) is 9.99. The predicted molar refractivity (Wildman–Crippen MR) is 204 cm³/mol. The third-order valence-electron chi connectivity index (χ3n) is 7.08. The fourth-order valence-corrected chi connectivity index (χ4v) is 7.50. The quantitative estimate of drug-likeness (QED) is 0.161. The summed E-state index contributed by atoms with van der Waals surface area (Å²) in [5, 5.41) is -0.535. The van der Waals surface area contributed by atoms with E-state index < -0.39 is 240 Å². The van der Waals surface area contributed by atoms with E-state index in [9.17, 15) is 6.85 Å². The van der Waals surface area contributed by atoms with Gasteiger partial charge in [-0.25, -0.2) is 0 Å². The second kappa shape index (κ2) is 12.6. The molecular weight excluding hydrogens is 661 g/mol. The molecule has 0 aliphatic heterocycles. The van der Waals surface area contributed by atoms with Gasteiger partial charge in [-0.1, -0.05) is 0 Å². The first-order valence-electron chi connectivity index (χ1n) is 27.7. The molecule has 0 bridgehead atoms. The number of nitrogens with zero attached hydrogens (tertiary/aromatic N) is 3. The summed E-state index contributed by atoms with van der Waals surface area (Å²) in [6.07, 6.45) is 0. The molecule has 0 unspecified atom stereocenters. The summed E-state index contributed by atoms with van der Waals surface area (Å²) in [5.41, 5.74) is -4.50. The van der Waals surface area contributed by atoms with Gasteiger partial charge in [0.25, 0.3) is 0 Å². The fraction of sp³-hybridized carbons (Fsp3) is 0. The number of fused-ring (bicyclic) bond motifs is 3. The van der Waals surface area contributed by atoms with E-state index >= 15 is 0 Å². The molecule has 2 aromatic heterocycles. The van der Waals surface area contributed by atoms with E-state index in [0.717, 1.165) is 12.1 Å². The first-order valence-corrected chi connectivity index (χ1v) is 15.9. The molecule has 9 aromatic rings. The van der Waals surface area contributed by atoms with Crippen LogP contribution in [0, 0.1) is 0 Å². The molecule has 49 heavy (non-hydrogen) atoms. The van der Waals surface area contributed by atoms with Crippen LogP contribution in [-0.2, 0) is 0 Å². The van der Waals surface area contributed by atoms with Gasteiger partial charge < -0.3 is 0 Å². The molecule has 0 spiro atoms. The van der Waals surface area contributed by atoms with Crippen molar-refractivity contribution >= 4 is 33.8 Å². The number of hydrogen-bond acceptors (Lipinski definition) is 3. The topological polar surface area (TPSA) is 38.7 Å². The fourth-order valence-electron chi connectivity index (χ4n) is 4.91. The van der Waals surface area contributed by atoms with Crippen LogP contribution < -0.4 is 0 Å². The third-order valence-corrected chi connectivity index (χ3v) is 9.65. The van der Waals surface area contributed by atoms with E-state index in [2.05, 4.69) is 15.0 Å². The summed E-state index contributed by atoms with van der Waals surface area (Å²) in [4.78, 5) is 12.9. The zero-order chi connectivity index (χ0) is 56.1. The van der Waals surface area contributed by atoms with Gasteiger partial charge in [0.15, 0.2) is 0 Å². The van der Waals surface area contributed by atoms with Crippen LogP contribution in [0.25, 0.3) is 86.8 Å². The summed E-state index contributed by atoms with van der Waals surface area (Å²) in [6.45, 7) is 0. The molecule has 3 nitrogen and oxygen atoms in total. The number of hydrogen-bond donors (Lipinski definition) is 0. The molecule has 9 rings (SSSR count). The van der Waals surface area contributed by atoms with Crippen molar-refractivity contribution in [1.82, 2.24) is 15.0 Å². The standard InChI is InChI=1S/C45H29N3Se/c1-4-14-30(15-5-1)33-20-10-21-34(28-33)37-24-12-26-39-40-27-13-25-38(42(40)49-41(37)39)35-22-11-23-36(29-35)45-47-43(31-16-6-2-7-17-31)46-44(48-45)32-18-8-3-9-19-32/h1-29H/i1D,2D,3D,4D,5D,6D,7D,8D,9D,10D,11D,12D,13D,14D,16D,17D,18D,19D,20D,21D,22D,23D,24D,25D,26D,27D,28D. The first-order chi connectivity index (χ1) is 35.5. The van der Waals surface area contributed by atoms with E-state index in [4.69, 9.17) is 30.2 Å². The van der Waals surface area contributed by atoms with E-state index in [1.54, 1.807) is 0 Å². The van der Waals surface area contributed by atoms with Gasteiger partial charge in [0.1, 0.15) is 0 Å². The second-order valence-corrected chi connectivity index (χ2v) is 12.1. The Morgan fingerprint density at radius 2 is 0.816 bits per heavy atom. The predicted octanol–water partition coefficient (Wildman–Crippen LogP) is 11.2. The summed E-state index contributed by atoms with van der Waals surface area (Å²) in [5.74, 6) is -2.12. The SMILES string of the molecule is [2H]c1cc(-c2c([2H])c([2H])c([2H])c(-c3c([2H])c([2H])c([2H])c4c3[se]c3c(-c5cc(-c6nc(-c7c([2H])c([2H])c([2H])c([2H])c7[2H])nc(-c7c([2H])c([2H])c([2H])c([2H])c7[2H])n6)c([2H])c([2H])c5[2H])c([2H])c([2H])c([2H])c34)c2[2H])c([2H])c([2H])c1[2H]. The van der Waals surface area contributed by atoms with Gasteiger partial charge in [0, 0.05) is 0 Å². The Hall–Kier alpha value is -5.93. The van der Waals surface area contributed by atoms with Gasteiger partial charge >= 0.3 is 326 Å². The van der Waals surface area contributed by atoms with Gasteiger partial charge in [-0.05, 0) is 0 Å². The number of rotatable bonds is 6. The molecule has 0 fully saturated rings. The van der Waals surface area contributed by atoms with Crippen LogP contribution in [0.1, 0.15) is 37.0 Å². The van der Waals surface area contributed by atoms with E-state index in [0.29, 0.717) is 0 Å². The van der Waals surface area contributed by atoms with Crippen molar-refractivity contribution in [1.29, 1.82) is 0 Å². The van der Waals surface area contributed by atoms with Crippen LogP contribution in [0.4, 0.5) is 0 Å². The Bertz CT molecular complexity index is 4010. The van der Waals surface area contributed by atoms with Crippen molar-refractivity contribution in [3.63, 3.8) is 0 Å². The Kier molecular flexibility index (Phi) is 3.21. The van der Waals surface area contributed by atoms with Crippen molar-refractivity contribution < 1.29 is 37.0 Å². The zero-order valence-electron chi connectivity index (χ0n) is 51.4. The Labute approximate surface area is 328 Å². The average molecular weight is 718 g/mol. The van der Waals surface area contributed by atoms with Crippen LogP contribution in [0.5, 0.6) is 0 Å². The Morgan fingerprint density at radius 3 is 1.45 bits per heavy atom. The molecule has 0 radical (unpaired) electrons. The average Bonchev–Trinajstić information content (AvgIpc) is 3.78. The van der Waals surface area contributed by atoms with Crippen molar-refractivity contribution in [2.24, 2.45) is 0 Å². The van der Waals surface area contributed by atoms with Crippen LogP contribution in [-0.4, -0.2) is 29.5 Å². The normalized spacial score (nSPS) is 19.0. The summed E-state index contributed by atoms with van der Waals surface area (Å²) in [7, 11) is 0. The van der Waals surface area contributed by atoms with E-state index in [1.807, 2.05) is 0 Å². The molecule has 0 amide bonds. The van der Waals surface area contributed by atoms with Gasteiger partial charge in [-0.2, -0.15) is 0 Å². The van der Waals surface area contributed by atoms with Crippen LogP contribution in [0.15, 0.2) is 175 Å². The minimum absolute atomic E-state index is 0.0706. The first kappa shape index (κ1) is 12.5. The molecule has 0 aliphatic rings. The Morgan fingerprint density at radius 1 is 0.367 bits per heavy atom. The molecule has 0 atom stereocenters. The van der Waals surface area contributed by atoms with E-state index in [-0.39, 0.29) is 24.9 Å². The summed E-state index contributed by atoms with van der Waals surface area (Å²) < 4.78 is 236. The number of benzene rings is 7. The van der Waals surface area contributed by atoms with Gasteiger partial charge in [-0.3, -0.25) is 0 Å².